The molecule has 1 fully saturated rings. The number of hydrogen-bond donors (Lipinski definition) is 1. The zero-order chi connectivity index (χ0) is 16.0. The number of likely N-dealkylation sites (N-methyl/N-ethyl adjacent to an activating group) is 1. The van der Waals surface area contributed by atoms with Crippen LogP contribution in [0, 0.1) is 5.82 Å². The van der Waals surface area contributed by atoms with Gasteiger partial charge in [0, 0.05) is 20.1 Å². The molecule has 0 atom stereocenters. The number of benzene rings is 1. The monoisotopic (exact) mass is 315 g/mol. The summed E-state index contributed by atoms with van der Waals surface area (Å²) in [5, 5.41) is 0. The first-order valence-electron chi connectivity index (χ1n) is 6.42. The van der Waals surface area contributed by atoms with Gasteiger partial charge in [-0.2, -0.15) is 4.31 Å². The molecule has 2 N–H and O–H groups in total. The lowest BCUT2D eigenvalue weighted by Crippen LogP contribution is -2.63. The van der Waals surface area contributed by atoms with Crippen LogP contribution in [0.3, 0.4) is 0 Å². The summed E-state index contributed by atoms with van der Waals surface area (Å²) in [6.07, 6.45) is 0. The molecule has 21 heavy (non-hydrogen) atoms. The maximum atomic E-state index is 13.5. The molecule has 1 saturated heterocycles. The maximum absolute atomic E-state index is 13.5. The second-order valence-corrected chi connectivity index (χ2v) is 7.35. The van der Waals surface area contributed by atoms with Crippen LogP contribution in [0.4, 0.5) is 10.1 Å². The highest BCUT2D eigenvalue weighted by atomic mass is 32.2. The molecule has 6 nitrogen and oxygen atoms in total. The second kappa shape index (κ2) is 4.96. The lowest BCUT2D eigenvalue weighted by molar-refractivity contribution is -0.142. The highest BCUT2D eigenvalue weighted by Gasteiger charge is 2.47. The Morgan fingerprint density at radius 1 is 1.29 bits per heavy atom. The van der Waals surface area contributed by atoms with Gasteiger partial charge in [0.05, 0.1) is 5.69 Å². The molecule has 0 unspecified atom stereocenters. The van der Waals surface area contributed by atoms with Gasteiger partial charge < -0.3 is 10.6 Å². The van der Waals surface area contributed by atoms with Gasteiger partial charge in [-0.25, -0.2) is 12.8 Å². The number of rotatable bonds is 2. The Balaban J connectivity index is 2.54. The summed E-state index contributed by atoms with van der Waals surface area (Å²) in [7, 11) is -2.44. The average Bonchev–Trinajstić information content (AvgIpc) is 2.38. The molecule has 2 rings (SSSR count). The van der Waals surface area contributed by atoms with Crippen LogP contribution in [0.5, 0.6) is 0 Å². The van der Waals surface area contributed by atoms with Gasteiger partial charge in [0.1, 0.15) is 16.3 Å². The van der Waals surface area contributed by atoms with Crippen molar-refractivity contribution in [1.82, 2.24) is 9.21 Å². The molecule has 0 saturated carbocycles. The summed E-state index contributed by atoms with van der Waals surface area (Å²) in [4.78, 5) is 13.4. The smallest absolute Gasteiger partial charge is 0.246 e. The standard InChI is InChI=1S/C13H18FN3O3S/c1-13(2)12(18)16(3)7-8-17(13)21(19,20)10-6-4-5-9(14)11(10)15/h4-6H,7-8,15H2,1-3H3. The van der Waals surface area contributed by atoms with Gasteiger partial charge in [0.15, 0.2) is 0 Å². The van der Waals surface area contributed by atoms with E-state index in [0.29, 0.717) is 0 Å². The molecule has 0 aliphatic carbocycles. The lowest BCUT2D eigenvalue weighted by atomic mass is 10.0. The third-order valence-corrected chi connectivity index (χ3v) is 5.84. The fraction of sp³-hybridized carbons (Fsp3) is 0.462. The summed E-state index contributed by atoms with van der Waals surface area (Å²) < 4.78 is 40.1. The maximum Gasteiger partial charge on any atom is 0.246 e. The van der Waals surface area contributed by atoms with Gasteiger partial charge in [-0.05, 0) is 26.0 Å². The number of anilines is 1. The molecular weight excluding hydrogens is 297 g/mol. The molecule has 0 bridgehead atoms. The number of carbonyl (C=O) groups is 1. The minimum absolute atomic E-state index is 0.132. The van der Waals surface area contributed by atoms with Crippen LogP contribution >= 0.6 is 0 Å². The topological polar surface area (TPSA) is 83.7 Å². The van der Waals surface area contributed by atoms with Crippen molar-refractivity contribution >= 4 is 21.6 Å². The summed E-state index contributed by atoms with van der Waals surface area (Å²) >= 11 is 0. The van der Waals surface area contributed by atoms with E-state index in [-0.39, 0.29) is 23.9 Å². The van der Waals surface area contributed by atoms with E-state index in [2.05, 4.69) is 0 Å². The predicted octanol–water partition coefficient (Wildman–Crippen LogP) is 0.649. The van der Waals surface area contributed by atoms with Crippen LogP contribution in [0.1, 0.15) is 13.8 Å². The van der Waals surface area contributed by atoms with Gasteiger partial charge >= 0.3 is 0 Å². The van der Waals surface area contributed by atoms with Crippen molar-refractivity contribution in [3.63, 3.8) is 0 Å². The van der Waals surface area contributed by atoms with Gasteiger partial charge in [0.25, 0.3) is 0 Å². The van der Waals surface area contributed by atoms with Crippen molar-refractivity contribution < 1.29 is 17.6 Å². The van der Waals surface area contributed by atoms with Crippen LogP contribution in [-0.2, 0) is 14.8 Å². The van der Waals surface area contributed by atoms with Crippen molar-refractivity contribution in [3.8, 4) is 0 Å². The third-order valence-electron chi connectivity index (χ3n) is 3.71. The number of piperazine rings is 1. The first-order valence-corrected chi connectivity index (χ1v) is 7.86. The van der Waals surface area contributed by atoms with Crippen LogP contribution in [-0.4, -0.2) is 49.2 Å². The lowest BCUT2D eigenvalue weighted by Gasteiger charge is -2.43. The van der Waals surface area contributed by atoms with Crippen molar-refractivity contribution in [2.24, 2.45) is 0 Å². The highest BCUT2D eigenvalue weighted by Crippen LogP contribution is 2.32. The fourth-order valence-electron chi connectivity index (χ4n) is 2.48. The minimum atomic E-state index is -4.06. The number of sulfonamides is 1. The Morgan fingerprint density at radius 3 is 2.52 bits per heavy atom. The summed E-state index contributed by atoms with van der Waals surface area (Å²) in [6.45, 7) is 3.46. The Bertz CT molecular complexity index is 688. The minimum Gasteiger partial charge on any atom is -0.395 e. The van der Waals surface area contributed by atoms with E-state index in [1.54, 1.807) is 7.05 Å². The number of para-hydroxylation sites is 1. The normalized spacial score (nSPS) is 19.8. The quantitative estimate of drug-likeness (QED) is 0.812. The number of nitrogens with two attached hydrogens (primary N) is 1. The summed E-state index contributed by atoms with van der Waals surface area (Å²) in [5.74, 6) is -1.11. The number of halogens is 1. The van der Waals surface area contributed by atoms with Crippen molar-refractivity contribution in [1.29, 1.82) is 0 Å². The molecule has 1 aromatic rings. The Labute approximate surface area is 123 Å². The SMILES string of the molecule is CN1CCN(S(=O)(=O)c2cccc(F)c2N)C(C)(C)C1=O. The zero-order valence-electron chi connectivity index (χ0n) is 12.1. The molecule has 116 valence electrons. The fourth-order valence-corrected chi connectivity index (χ4v) is 4.34. The highest BCUT2D eigenvalue weighted by molar-refractivity contribution is 7.89. The van der Waals surface area contributed by atoms with E-state index in [1.165, 1.54) is 30.9 Å². The molecule has 0 spiro atoms. The molecule has 0 aromatic heterocycles. The first-order chi connectivity index (χ1) is 9.60. The van der Waals surface area contributed by atoms with Crippen molar-refractivity contribution in [2.45, 2.75) is 24.3 Å². The Kier molecular flexibility index (Phi) is 3.71. The van der Waals surface area contributed by atoms with E-state index in [1.807, 2.05) is 0 Å². The van der Waals surface area contributed by atoms with E-state index >= 15 is 0 Å². The van der Waals surface area contributed by atoms with E-state index in [0.717, 1.165) is 10.4 Å². The van der Waals surface area contributed by atoms with Crippen molar-refractivity contribution in [2.75, 3.05) is 25.9 Å². The predicted molar refractivity (Wildman–Crippen MR) is 76.4 cm³/mol. The molecule has 1 aliphatic rings. The number of nitrogen functional groups attached to an aromatic ring is 1. The number of carbonyl (C=O) groups excluding carboxylic acids is 1. The van der Waals surface area contributed by atoms with E-state index in [9.17, 15) is 17.6 Å². The van der Waals surface area contributed by atoms with Gasteiger partial charge in [0.2, 0.25) is 15.9 Å². The molecular formula is C13H18FN3O3S. The molecule has 0 radical (unpaired) electrons. The molecule has 1 aliphatic heterocycles. The number of amides is 1. The number of hydrogen-bond acceptors (Lipinski definition) is 4. The molecule has 8 heteroatoms. The van der Waals surface area contributed by atoms with Gasteiger partial charge in [-0.3, -0.25) is 4.79 Å². The summed E-state index contributed by atoms with van der Waals surface area (Å²) in [5.41, 5.74) is 3.87. The third kappa shape index (κ3) is 2.38. The van der Waals surface area contributed by atoms with Gasteiger partial charge in [-0.1, -0.05) is 6.07 Å². The second-order valence-electron chi connectivity index (χ2n) is 5.51. The average molecular weight is 315 g/mol. The van der Waals surface area contributed by atoms with Crippen LogP contribution in [0.15, 0.2) is 23.1 Å². The largest absolute Gasteiger partial charge is 0.395 e. The number of nitrogens with zero attached hydrogens (tertiary/aromatic N) is 2. The zero-order valence-corrected chi connectivity index (χ0v) is 12.9. The Morgan fingerprint density at radius 2 is 1.90 bits per heavy atom. The first kappa shape index (κ1) is 15.7. The van der Waals surface area contributed by atoms with E-state index in [4.69, 9.17) is 5.73 Å². The van der Waals surface area contributed by atoms with Crippen LogP contribution < -0.4 is 5.73 Å². The van der Waals surface area contributed by atoms with Gasteiger partial charge in [-0.15, -0.1) is 0 Å². The molecule has 1 heterocycles. The summed E-state index contributed by atoms with van der Waals surface area (Å²) in [6, 6.07) is 3.62. The van der Waals surface area contributed by atoms with Crippen molar-refractivity contribution in [3.05, 3.63) is 24.0 Å². The Hall–Kier alpha value is -1.67. The van der Waals surface area contributed by atoms with E-state index < -0.39 is 27.1 Å². The van der Waals surface area contributed by atoms with Crippen LogP contribution in [0.25, 0.3) is 0 Å². The molecule has 1 amide bonds. The van der Waals surface area contributed by atoms with Crippen LogP contribution in [0.2, 0.25) is 0 Å². The molecule has 1 aromatic carbocycles.